The van der Waals surface area contributed by atoms with Gasteiger partial charge in [0, 0.05) is 35.6 Å². The lowest BCUT2D eigenvalue weighted by Crippen LogP contribution is -2.12. The number of fused-ring (bicyclic) bond motifs is 3. The summed E-state index contributed by atoms with van der Waals surface area (Å²) in [5.74, 6) is 2.52. The van der Waals surface area contributed by atoms with Crippen LogP contribution in [0.2, 0.25) is 0 Å². The Hall–Kier alpha value is -3.60. The molecule has 2 aromatic heterocycles. The minimum atomic E-state index is 0.735. The molecule has 150 valence electrons. The molecule has 2 aromatic carbocycles. The standard InChI is InChI=1S/C25H23N3O2/c1-16-27-24(19-7-4-6-17(12-19)20-8-5-10-26-15-20)25-21-14-23(30-3)22(29-2)13-18(21)9-11-28(16)25/h4-8,10,12-15H,9,11H2,1-3H3. The first-order valence-electron chi connectivity index (χ1n) is 10.0. The molecule has 5 heteroatoms. The van der Waals surface area contributed by atoms with E-state index in [9.17, 15) is 0 Å². The highest BCUT2D eigenvalue weighted by Crippen LogP contribution is 2.43. The van der Waals surface area contributed by atoms with Gasteiger partial charge in [0.1, 0.15) is 5.82 Å². The van der Waals surface area contributed by atoms with Crippen molar-refractivity contribution in [2.45, 2.75) is 19.9 Å². The van der Waals surface area contributed by atoms with Gasteiger partial charge in [0.15, 0.2) is 11.5 Å². The van der Waals surface area contributed by atoms with Gasteiger partial charge in [-0.15, -0.1) is 0 Å². The molecule has 0 radical (unpaired) electrons. The molecule has 0 fully saturated rings. The topological polar surface area (TPSA) is 49.2 Å². The number of hydrogen-bond donors (Lipinski definition) is 0. The number of methoxy groups -OCH3 is 2. The quantitative estimate of drug-likeness (QED) is 0.477. The number of rotatable bonds is 4. The zero-order valence-electron chi connectivity index (χ0n) is 17.3. The van der Waals surface area contributed by atoms with Crippen molar-refractivity contribution in [3.05, 3.63) is 72.3 Å². The van der Waals surface area contributed by atoms with Gasteiger partial charge in [-0.2, -0.15) is 0 Å². The molecule has 0 saturated heterocycles. The molecule has 0 unspecified atom stereocenters. The summed E-state index contributed by atoms with van der Waals surface area (Å²) in [7, 11) is 3.35. The SMILES string of the molecule is COc1cc2c(cc1OC)-c1c(-c3cccc(-c4cccnc4)c3)nc(C)n1CC2. The second-order valence-corrected chi connectivity index (χ2v) is 7.44. The van der Waals surface area contributed by atoms with Crippen molar-refractivity contribution in [3.8, 4) is 45.1 Å². The van der Waals surface area contributed by atoms with Crippen LogP contribution in [0.1, 0.15) is 11.4 Å². The molecular weight excluding hydrogens is 374 g/mol. The van der Waals surface area contributed by atoms with E-state index in [0.717, 1.165) is 63.9 Å². The van der Waals surface area contributed by atoms with Crippen LogP contribution in [0.4, 0.5) is 0 Å². The Morgan fingerprint density at radius 2 is 1.67 bits per heavy atom. The second kappa shape index (κ2) is 7.34. The van der Waals surface area contributed by atoms with E-state index in [1.807, 2.05) is 12.3 Å². The Labute approximate surface area is 176 Å². The van der Waals surface area contributed by atoms with Gasteiger partial charge in [0.25, 0.3) is 0 Å². The van der Waals surface area contributed by atoms with Crippen LogP contribution in [0, 0.1) is 6.92 Å². The third kappa shape index (κ3) is 2.94. The van der Waals surface area contributed by atoms with Crippen molar-refractivity contribution >= 4 is 0 Å². The first-order chi connectivity index (χ1) is 14.7. The largest absolute Gasteiger partial charge is 0.493 e. The maximum absolute atomic E-state index is 5.59. The monoisotopic (exact) mass is 397 g/mol. The molecule has 0 bridgehead atoms. The number of ether oxygens (including phenoxy) is 2. The summed E-state index contributed by atoms with van der Waals surface area (Å²) in [4.78, 5) is 9.23. The molecule has 4 aromatic rings. The first-order valence-corrected chi connectivity index (χ1v) is 10.0. The molecule has 0 N–H and O–H groups in total. The van der Waals surface area contributed by atoms with Crippen molar-refractivity contribution in [3.63, 3.8) is 0 Å². The number of nitrogens with zero attached hydrogens (tertiary/aromatic N) is 3. The molecule has 30 heavy (non-hydrogen) atoms. The normalized spacial score (nSPS) is 12.2. The van der Waals surface area contributed by atoms with Crippen molar-refractivity contribution in [2.24, 2.45) is 0 Å². The number of hydrogen-bond acceptors (Lipinski definition) is 4. The predicted octanol–water partition coefficient (Wildman–Crippen LogP) is 5.16. The number of imidazole rings is 1. The highest BCUT2D eigenvalue weighted by molar-refractivity contribution is 5.84. The summed E-state index contributed by atoms with van der Waals surface area (Å²) >= 11 is 0. The lowest BCUT2D eigenvalue weighted by Gasteiger charge is -2.22. The highest BCUT2D eigenvalue weighted by atomic mass is 16.5. The Bertz CT molecular complexity index is 1230. The van der Waals surface area contributed by atoms with E-state index in [-0.39, 0.29) is 0 Å². The number of aromatic nitrogens is 3. The smallest absolute Gasteiger partial charge is 0.161 e. The van der Waals surface area contributed by atoms with Crippen LogP contribution in [0.3, 0.4) is 0 Å². The molecule has 3 heterocycles. The summed E-state index contributed by atoms with van der Waals surface area (Å²) in [6, 6.07) is 16.7. The Morgan fingerprint density at radius 3 is 2.43 bits per heavy atom. The zero-order chi connectivity index (χ0) is 20.7. The maximum atomic E-state index is 5.59. The molecule has 5 rings (SSSR count). The molecule has 1 aliphatic heterocycles. The van der Waals surface area contributed by atoms with Gasteiger partial charge in [-0.3, -0.25) is 4.98 Å². The molecule has 0 saturated carbocycles. The van der Waals surface area contributed by atoms with Gasteiger partial charge >= 0.3 is 0 Å². The lowest BCUT2D eigenvalue weighted by atomic mass is 9.93. The Balaban J connectivity index is 1.69. The fourth-order valence-electron chi connectivity index (χ4n) is 4.27. The van der Waals surface area contributed by atoms with E-state index in [0.29, 0.717) is 0 Å². The fourth-order valence-corrected chi connectivity index (χ4v) is 4.27. The molecule has 0 spiro atoms. The van der Waals surface area contributed by atoms with Gasteiger partial charge in [-0.05, 0) is 48.7 Å². The molecule has 1 aliphatic rings. The van der Waals surface area contributed by atoms with E-state index in [2.05, 4.69) is 58.9 Å². The van der Waals surface area contributed by atoms with Crippen LogP contribution < -0.4 is 9.47 Å². The van der Waals surface area contributed by atoms with Gasteiger partial charge < -0.3 is 14.0 Å². The van der Waals surface area contributed by atoms with E-state index in [4.69, 9.17) is 14.5 Å². The van der Waals surface area contributed by atoms with Crippen LogP contribution in [-0.2, 0) is 13.0 Å². The van der Waals surface area contributed by atoms with E-state index in [1.54, 1.807) is 20.4 Å². The fraction of sp³-hybridized carbons (Fsp3) is 0.200. The third-order valence-electron chi connectivity index (χ3n) is 5.76. The van der Waals surface area contributed by atoms with Gasteiger partial charge in [-0.1, -0.05) is 24.3 Å². The maximum Gasteiger partial charge on any atom is 0.161 e. The molecule has 0 amide bonds. The van der Waals surface area contributed by atoms with Crippen LogP contribution >= 0.6 is 0 Å². The minimum absolute atomic E-state index is 0.735. The third-order valence-corrected chi connectivity index (χ3v) is 5.76. The Morgan fingerprint density at radius 1 is 0.900 bits per heavy atom. The van der Waals surface area contributed by atoms with Crippen LogP contribution in [0.15, 0.2) is 60.9 Å². The average Bonchev–Trinajstić information content (AvgIpc) is 3.15. The van der Waals surface area contributed by atoms with Crippen molar-refractivity contribution in [1.82, 2.24) is 14.5 Å². The Kier molecular flexibility index (Phi) is 4.51. The predicted molar refractivity (Wildman–Crippen MR) is 118 cm³/mol. The van der Waals surface area contributed by atoms with E-state index in [1.165, 1.54) is 5.56 Å². The summed E-state index contributed by atoms with van der Waals surface area (Å²) in [5.41, 5.74) is 7.85. The molecule has 0 aliphatic carbocycles. The van der Waals surface area contributed by atoms with Crippen molar-refractivity contribution < 1.29 is 9.47 Å². The first kappa shape index (κ1) is 18.4. The van der Waals surface area contributed by atoms with Crippen LogP contribution in [0.5, 0.6) is 11.5 Å². The number of benzene rings is 2. The van der Waals surface area contributed by atoms with E-state index >= 15 is 0 Å². The molecule has 0 atom stereocenters. The van der Waals surface area contributed by atoms with Crippen LogP contribution in [-0.4, -0.2) is 28.8 Å². The zero-order valence-corrected chi connectivity index (χ0v) is 17.3. The van der Waals surface area contributed by atoms with Gasteiger partial charge in [-0.25, -0.2) is 4.98 Å². The van der Waals surface area contributed by atoms with Gasteiger partial charge in [0.2, 0.25) is 0 Å². The van der Waals surface area contributed by atoms with E-state index < -0.39 is 0 Å². The molecule has 5 nitrogen and oxygen atoms in total. The second-order valence-electron chi connectivity index (χ2n) is 7.44. The summed E-state index contributed by atoms with van der Waals surface area (Å²) in [6.07, 6.45) is 4.62. The lowest BCUT2D eigenvalue weighted by molar-refractivity contribution is 0.354. The van der Waals surface area contributed by atoms with Crippen molar-refractivity contribution in [2.75, 3.05) is 14.2 Å². The summed E-state index contributed by atoms with van der Waals surface area (Å²) in [6.45, 7) is 2.97. The minimum Gasteiger partial charge on any atom is -0.493 e. The highest BCUT2D eigenvalue weighted by Gasteiger charge is 2.26. The number of aryl methyl sites for hydroxylation is 2. The van der Waals surface area contributed by atoms with Gasteiger partial charge in [0.05, 0.1) is 25.6 Å². The number of pyridine rings is 1. The molecular formula is C25H23N3O2. The van der Waals surface area contributed by atoms with Crippen LogP contribution in [0.25, 0.3) is 33.6 Å². The average molecular weight is 397 g/mol. The summed E-state index contributed by atoms with van der Waals surface area (Å²) < 4.78 is 13.4. The van der Waals surface area contributed by atoms with Crippen molar-refractivity contribution in [1.29, 1.82) is 0 Å². The summed E-state index contributed by atoms with van der Waals surface area (Å²) in [5, 5.41) is 0.